The number of nitrogens with zero attached hydrogens (tertiary/aromatic N) is 2. The molecular formula is C22H27N4O5S-. The number of anilines is 1. The number of nitrogens with one attached hydrogen (secondary N) is 1. The summed E-state index contributed by atoms with van der Waals surface area (Å²) in [5.74, 6) is 4.73. The van der Waals surface area contributed by atoms with Gasteiger partial charge in [0.1, 0.15) is 5.60 Å². The zero-order chi connectivity index (χ0) is 23.5. The SMILES string of the molecule is CC(C)(C)OC(=O)N1Cc2ccc(N(CCc3ccc(C(=O)NN)cc3)S(=O)[O-])cc2C1. The van der Waals surface area contributed by atoms with E-state index in [-0.39, 0.29) is 6.54 Å². The lowest BCUT2D eigenvalue weighted by atomic mass is 10.1. The van der Waals surface area contributed by atoms with Crippen molar-refractivity contribution in [3.63, 3.8) is 0 Å². The number of hydrogen-bond donors (Lipinski definition) is 2. The van der Waals surface area contributed by atoms with Crippen LogP contribution in [0.2, 0.25) is 0 Å². The summed E-state index contributed by atoms with van der Waals surface area (Å²) in [4.78, 5) is 25.5. The maximum atomic E-state index is 12.4. The maximum absolute atomic E-state index is 12.4. The highest BCUT2D eigenvalue weighted by atomic mass is 32.2. The number of rotatable bonds is 6. The standard InChI is InChI=1S/C22H28N4O5S/c1-22(2,3)31-21(28)25-13-17-8-9-19(12-18(17)14-25)26(32(29)30)11-10-15-4-6-16(7-5-15)20(27)24-23/h4-9,12H,10-11,13-14,23H2,1-3H3,(H,24,27)(H,29,30)/p-1. The summed E-state index contributed by atoms with van der Waals surface area (Å²) in [5.41, 5.74) is 5.17. The van der Waals surface area contributed by atoms with Crippen LogP contribution in [0.5, 0.6) is 0 Å². The molecule has 0 bridgehead atoms. The molecule has 0 saturated carbocycles. The smallest absolute Gasteiger partial charge is 0.410 e. The second kappa shape index (κ2) is 9.68. The molecule has 1 aliphatic heterocycles. The van der Waals surface area contributed by atoms with Crippen LogP contribution in [-0.4, -0.2) is 37.8 Å². The van der Waals surface area contributed by atoms with E-state index >= 15 is 0 Å². The van der Waals surface area contributed by atoms with Gasteiger partial charge in [-0.1, -0.05) is 18.2 Å². The Morgan fingerprint density at radius 2 is 1.81 bits per heavy atom. The third kappa shape index (κ3) is 5.84. The molecule has 0 aliphatic carbocycles. The lowest BCUT2D eigenvalue weighted by Crippen LogP contribution is -2.33. The molecule has 32 heavy (non-hydrogen) atoms. The van der Waals surface area contributed by atoms with Crippen molar-refractivity contribution < 1.29 is 23.1 Å². The van der Waals surface area contributed by atoms with Gasteiger partial charge in [-0.05, 0) is 68.1 Å². The second-order valence-electron chi connectivity index (χ2n) is 8.53. The zero-order valence-electron chi connectivity index (χ0n) is 18.3. The fraction of sp³-hybridized carbons (Fsp3) is 0.364. The van der Waals surface area contributed by atoms with Crippen molar-refractivity contribution in [3.05, 3.63) is 64.7 Å². The number of carbonyl (C=O) groups is 2. The van der Waals surface area contributed by atoms with Crippen molar-refractivity contribution >= 4 is 29.0 Å². The Balaban J connectivity index is 1.68. The average Bonchev–Trinajstić information content (AvgIpc) is 3.16. The van der Waals surface area contributed by atoms with Crippen LogP contribution in [0.3, 0.4) is 0 Å². The summed E-state index contributed by atoms with van der Waals surface area (Å²) in [6.07, 6.45) is 0.0610. The van der Waals surface area contributed by atoms with Gasteiger partial charge in [0.2, 0.25) is 0 Å². The minimum atomic E-state index is -2.47. The van der Waals surface area contributed by atoms with Gasteiger partial charge in [0.05, 0.1) is 0 Å². The molecule has 2 amide bonds. The summed E-state index contributed by atoms with van der Waals surface area (Å²) in [7, 11) is 0. The molecule has 172 valence electrons. The molecule has 1 aliphatic rings. The first-order valence-corrected chi connectivity index (χ1v) is 11.2. The molecule has 10 heteroatoms. The number of hydrogen-bond acceptors (Lipinski definition) is 6. The third-order valence-corrected chi connectivity index (χ3v) is 5.74. The molecule has 2 aromatic rings. The molecular weight excluding hydrogens is 432 g/mol. The van der Waals surface area contributed by atoms with E-state index in [1.807, 2.05) is 26.8 Å². The number of benzene rings is 2. The van der Waals surface area contributed by atoms with Gasteiger partial charge in [-0.2, -0.15) is 0 Å². The Hall–Kier alpha value is -2.95. The highest BCUT2D eigenvalue weighted by Crippen LogP contribution is 2.29. The Morgan fingerprint density at radius 1 is 1.16 bits per heavy atom. The molecule has 3 rings (SSSR count). The van der Waals surface area contributed by atoms with Crippen LogP contribution >= 0.6 is 0 Å². The zero-order valence-corrected chi connectivity index (χ0v) is 19.1. The van der Waals surface area contributed by atoms with Crippen molar-refractivity contribution in [2.75, 3.05) is 10.8 Å². The molecule has 9 nitrogen and oxygen atoms in total. The number of fused-ring (bicyclic) bond motifs is 1. The lowest BCUT2D eigenvalue weighted by molar-refractivity contribution is 0.0241. The molecule has 0 spiro atoms. The Labute approximate surface area is 189 Å². The van der Waals surface area contributed by atoms with Crippen molar-refractivity contribution in [1.82, 2.24) is 10.3 Å². The van der Waals surface area contributed by atoms with E-state index in [1.165, 1.54) is 4.31 Å². The van der Waals surface area contributed by atoms with E-state index < -0.39 is 28.9 Å². The fourth-order valence-corrected chi connectivity index (χ4v) is 3.94. The van der Waals surface area contributed by atoms with Gasteiger partial charge in [-0.25, -0.2) is 10.6 Å². The molecule has 2 aromatic carbocycles. The largest absolute Gasteiger partial charge is 0.755 e. The molecule has 0 aromatic heterocycles. The van der Waals surface area contributed by atoms with E-state index in [2.05, 4.69) is 5.43 Å². The first kappa shape index (κ1) is 23.7. The van der Waals surface area contributed by atoms with Gasteiger partial charge in [-0.15, -0.1) is 0 Å². The van der Waals surface area contributed by atoms with Crippen LogP contribution in [-0.2, 0) is 35.5 Å². The molecule has 0 saturated heterocycles. The highest BCUT2D eigenvalue weighted by Gasteiger charge is 2.28. The number of hydrazine groups is 1. The van der Waals surface area contributed by atoms with Gasteiger partial charge in [0.15, 0.2) is 0 Å². The van der Waals surface area contributed by atoms with Crippen LogP contribution in [0.1, 0.15) is 47.8 Å². The fourth-order valence-electron chi connectivity index (χ4n) is 3.42. The molecule has 0 fully saturated rings. The second-order valence-corrected chi connectivity index (χ2v) is 9.40. The van der Waals surface area contributed by atoms with Crippen LogP contribution < -0.4 is 15.6 Å². The first-order valence-electron chi connectivity index (χ1n) is 10.1. The van der Waals surface area contributed by atoms with E-state index in [0.29, 0.717) is 30.8 Å². The number of carbonyl (C=O) groups excluding carboxylic acids is 2. The summed E-state index contributed by atoms with van der Waals surface area (Å²) in [6, 6.07) is 12.2. The summed E-state index contributed by atoms with van der Waals surface area (Å²) in [5, 5.41) is 0. The van der Waals surface area contributed by atoms with Gasteiger partial charge in [0, 0.05) is 42.2 Å². The van der Waals surface area contributed by atoms with Gasteiger partial charge < -0.3 is 13.6 Å². The van der Waals surface area contributed by atoms with Crippen LogP contribution in [0.4, 0.5) is 10.5 Å². The average molecular weight is 460 g/mol. The van der Waals surface area contributed by atoms with Crippen molar-refractivity contribution in [1.29, 1.82) is 0 Å². The van der Waals surface area contributed by atoms with E-state index in [4.69, 9.17) is 10.6 Å². The van der Waals surface area contributed by atoms with E-state index in [9.17, 15) is 18.4 Å². The van der Waals surface area contributed by atoms with E-state index in [0.717, 1.165) is 16.7 Å². The molecule has 1 unspecified atom stereocenters. The Bertz CT molecular complexity index is 1020. The number of nitrogens with two attached hydrogens (primary N) is 1. The third-order valence-electron chi connectivity index (χ3n) is 4.98. The molecule has 0 radical (unpaired) electrons. The molecule has 1 heterocycles. The highest BCUT2D eigenvalue weighted by molar-refractivity contribution is 7.80. The number of nitrogen functional groups attached to an aromatic ring is 1. The first-order chi connectivity index (χ1) is 15.1. The normalized spacial score (nSPS) is 14.0. The quantitative estimate of drug-likeness (QED) is 0.295. The molecule has 3 N–H and O–H groups in total. The van der Waals surface area contributed by atoms with Crippen LogP contribution in [0, 0.1) is 0 Å². The van der Waals surface area contributed by atoms with Gasteiger partial charge in [0.25, 0.3) is 5.91 Å². The summed E-state index contributed by atoms with van der Waals surface area (Å²) >= 11 is -2.47. The number of amides is 2. The Kier molecular flexibility index (Phi) is 7.17. The summed E-state index contributed by atoms with van der Waals surface area (Å²) in [6.45, 7) is 6.46. The molecule has 1 atom stereocenters. The topological polar surface area (TPSA) is 128 Å². The van der Waals surface area contributed by atoms with Crippen molar-refractivity contribution in [2.45, 2.75) is 45.9 Å². The minimum absolute atomic E-state index is 0.229. The van der Waals surface area contributed by atoms with Gasteiger partial charge in [-0.3, -0.25) is 19.3 Å². The lowest BCUT2D eigenvalue weighted by Gasteiger charge is -2.27. The monoisotopic (exact) mass is 459 g/mol. The number of ether oxygens (including phenoxy) is 1. The van der Waals surface area contributed by atoms with Gasteiger partial charge >= 0.3 is 6.09 Å². The summed E-state index contributed by atoms with van der Waals surface area (Å²) < 4.78 is 30.5. The van der Waals surface area contributed by atoms with Crippen molar-refractivity contribution in [2.24, 2.45) is 5.84 Å². The van der Waals surface area contributed by atoms with Crippen molar-refractivity contribution in [3.8, 4) is 0 Å². The van der Waals surface area contributed by atoms with Crippen LogP contribution in [0.25, 0.3) is 0 Å². The predicted molar refractivity (Wildman–Crippen MR) is 120 cm³/mol. The van der Waals surface area contributed by atoms with Crippen LogP contribution in [0.15, 0.2) is 42.5 Å². The predicted octanol–water partition coefficient (Wildman–Crippen LogP) is 2.38. The van der Waals surface area contributed by atoms with E-state index in [1.54, 1.807) is 41.3 Å². The minimum Gasteiger partial charge on any atom is -0.755 e. The Morgan fingerprint density at radius 3 is 2.41 bits per heavy atom. The maximum Gasteiger partial charge on any atom is 0.410 e.